The minimum atomic E-state index is -0.763. The fraction of sp³-hybridized carbons (Fsp3) is 0.143. The Kier molecular flexibility index (Phi) is 7.42. The van der Waals surface area contributed by atoms with E-state index >= 15 is 0 Å². The summed E-state index contributed by atoms with van der Waals surface area (Å²) < 4.78 is 11.6. The molecule has 0 atom stereocenters. The first-order chi connectivity index (χ1) is 17.5. The van der Waals surface area contributed by atoms with Gasteiger partial charge in [0, 0.05) is 5.56 Å². The van der Waals surface area contributed by atoms with Crippen molar-refractivity contribution >= 4 is 23.9 Å². The highest BCUT2D eigenvalue weighted by molar-refractivity contribution is 6.30. The van der Waals surface area contributed by atoms with Crippen LogP contribution >= 0.6 is 0 Å². The average Bonchev–Trinajstić information content (AvgIpc) is 2.89. The van der Waals surface area contributed by atoms with E-state index in [2.05, 4.69) is 11.4 Å². The van der Waals surface area contributed by atoms with Crippen molar-refractivity contribution in [1.29, 1.82) is 5.26 Å². The van der Waals surface area contributed by atoms with Gasteiger partial charge in [-0.2, -0.15) is 5.26 Å². The number of urea groups is 1. The van der Waals surface area contributed by atoms with E-state index < -0.39 is 17.8 Å². The van der Waals surface area contributed by atoms with Gasteiger partial charge in [-0.15, -0.1) is 0 Å². The molecule has 0 saturated carbocycles. The number of nitriles is 1. The van der Waals surface area contributed by atoms with Crippen LogP contribution in [0.1, 0.15) is 29.2 Å². The molecule has 8 heteroatoms. The van der Waals surface area contributed by atoms with Crippen molar-refractivity contribution in [3.63, 3.8) is 0 Å². The summed E-state index contributed by atoms with van der Waals surface area (Å²) in [7, 11) is 0. The molecule has 3 aromatic rings. The van der Waals surface area contributed by atoms with Crippen LogP contribution in [0.5, 0.6) is 11.5 Å². The Morgan fingerprint density at radius 2 is 1.69 bits per heavy atom. The Labute approximate surface area is 208 Å². The molecule has 4 rings (SSSR count). The maximum Gasteiger partial charge on any atom is 0.331 e. The Hall–Kier alpha value is -4.90. The number of nitrogens with zero attached hydrogens (tertiary/aromatic N) is 2. The van der Waals surface area contributed by atoms with E-state index in [0.29, 0.717) is 29.2 Å². The molecule has 1 N–H and O–H groups in total. The Bertz CT molecular complexity index is 1380. The fourth-order valence-electron chi connectivity index (χ4n) is 3.68. The molecule has 1 heterocycles. The van der Waals surface area contributed by atoms with Gasteiger partial charge in [0.1, 0.15) is 12.2 Å². The van der Waals surface area contributed by atoms with Gasteiger partial charge >= 0.3 is 6.03 Å². The third-order valence-corrected chi connectivity index (χ3v) is 5.47. The molecule has 0 aliphatic carbocycles. The summed E-state index contributed by atoms with van der Waals surface area (Å²) in [6.07, 6.45) is 1.42. The van der Waals surface area contributed by atoms with Crippen molar-refractivity contribution in [1.82, 2.24) is 10.2 Å². The molecular formula is C28H23N3O5. The number of nitrogens with one attached hydrogen (secondary N) is 1. The summed E-state index contributed by atoms with van der Waals surface area (Å²) >= 11 is 0. The van der Waals surface area contributed by atoms with Gasteiger partial charge in [-0.05, 0) is 42.3 Å². The van der Waals surface area contributed by atoms with E-state index in [1.165, 1.54) is 6.08 Å². The van der Waals surface area contributed by atoms with Crippen LogP contribution in [0.4, 0.5) is 4.79 Å². The predicted molar refractivity (Wildman–Crippen MR) is 132 cm³/mol. The zero-order valence-corrected chi connectivity index (χ0v) is 19.6. The minimum Gasteiger partial charge on any atom is -0.490 e. The second-order valence-corrected chi connectivity index (χ2v) is 7.89. The topological polar surface area (TPSA) is 109 Å². The van der Waals surface area contributed by atoms with Crippen LogP contribution in [0.15, 0.2) is 78.4 Å². The number of benzene rings is 3. The maximum absolute atomic E-state index is 13.0. The van der Waals surface area contributed by atoms with Crippen LogP contribution in [0.3, 0.4) is 0 Å². The lowest BCUT2D eigenvalue weighted by atomic mass is 10.1. The standard InChI is InChI=1S/C28H23N3O5/c1-2-35-25-15-20(12-13-24(25)36-18-22-11-7-6-10-21(22)16-29)14-23-26(32)30-28(34)31(27(23)33)17-19-8-4-3-5-9-19/h3-15H,2,17-18H2,1H3,(H,30,32,34)/b23-14+. The normalized spacial score (nSPS) is 14.4. The molecule has 0 bridgehead atoms. The second kappa shape index (κ2) is 11.0. The fourth-order valence-corrected chi connectivity index (χ4v) is 3.68. The number of hydrogen-bond donors (Lipinski definition) is 1. The lowest BCUT2D eigenvalue weighted by Gasteiger charge is -2.26. The van der Waals surface area contributed by atoms with Crippen LogP contribution in [-0.2, 0) is 22.7 Å². The molecular weight excluding hydrogens is 458 g/mol. The van der Waals surface area contributed by atoms with E-state index in [-0.39, 0.29) is 18.7 Å². The number of barbiturate groups is 1. The third kappa shape index (κ3) is 5.42. The first kappa shape index (κ1) is 24.2. The van der Waals surface area contributed by atoms with Crippen LogP contribution in [0.25, 0.3) is 6.08 Å². The number of imide groups is 2. The lowest BCUT2D eigenvalue weighted by molar-refractivity contribution is -0.130. The Morgan fingerprint density at radius 3 is 2.44 bits per heavy atom. The van der Waals surface area contributed by atoms with E-state index in [0.717, 1.165) is 16.0 Å². The highest BCUT2D eigenvalue weighted by Crippen LogP contribution is 2.31. The average molecular weight is 482 g/mol. The van der Waals surface area contributed by atoms with Gasteiger partial charge in [-0.25, -0.2) is 4.79 Å². The number of carbonyl (C=O) groups excluding carboxylic acids is 3. The number of carbonyl (C=O) groups is 3. The van der Waals surface area contributed by atoms with Crippen LogP contribution in [-0.4, -0.2) is 29.4 Å². The predicted octanol–water partition coefficient (Wildman–Crippen LogP) is 4.20. The Balaban J connectivity index is 1.58. The maximum atomic E-state index is 13.0. The van der Waals surface area contributed by atoms with Crippen LogP contribution in [0.2, 0.25) is 0 Å². The number of amides is 4. The molecule has 1 aliphatic heterocycles. The van der Waals surface area contributed by atoms with Gasteiger partial charge in [-0.1, -0.05) is 54.6 Å². The molecule has 4 amide bonds. The molecule has 1 aliphatic rings. The SMILES string of the molecule is CCOc1cc(/C=C2\C(=O)NC(=O)N(Cc3ccccc3)C2=O)ccc1OCc1ccccc1C#N. The molecule has 36 heavy (non-hydrogen) atoms. The number of ether oxygens (including phenoxy) is 2. The van der Waals surface area contributed by atoms with Gasteiger partial charge in [0.2, 0.25) is 0 Å². The van der Waals surface area contributed by atoms with Crippen molar-refractivity contribution in [3.8, 4) is 17.6 Å². The van der Waals surface area contributed by atoms with Crippen molar-refractivity contribution < 1.29 is 23.9 Å². The van der Waals surface area contributed by atoms with E-state index in [9.17, 15) is 19.6 Å². The highest BCUT2D eigenvalue weighted by atomic mass is 16.5. The molecule has 180 valence electrons. The molecule has 1 fully saturated rings. The summed E-state index contributed by atoms with van der Waals surface area (Å²) in [6.45, 7) is 2.40. The molecule has 1 saturated heterocycles. The van der Waals surface area contributed by atoms with Gasteiger partial charge in [0.25, 0.3) is 11.8 Å². The zero-order chi connectivity index (χ0) is 25.5. The largest absolute Gasteiger partial charge is 0.490 e. The summed E-state index contributed by atoms with van der Waals surface area (Å²) in [5, 5.41) is 11.5. The molecule has 0 unspecified atom stereocenters. The summed E-state index contributed by atoms with van der Waals surface area (Å²) in [5.74, 6) is -0.575. The minimum absolute atomic E-state index is 0.0390. The van der Waals surface area contributed by atoms with Crippen LogP contribution in [0, 0.1) is 11.3 Å². The second-order valence-electron chi connectivity index (χ2n) is 7.89. The third-order valence-electron chi connectivity index (χ3n) is 5.47. The van der Waals surface area contributed by atoms with Crippen molar-refractivity contribution in [2.24, 2.45) is 0 Å². The molecule has 0 radical (unpaired) electrons. The van der Waals surface area contributed by atoms with Gasteiger partial charge in [-0.3, -0.25) is 19.8 Å². The van der Waals surface area contributed by atoms with E-state index in [4.69, 9.17) is 9.47 Å². The first-order valence-corrected chi connectivity index (χ1v) is 11.3. The monoisotopic (exact) mass is 481 g/mol. The van der Waals surface area contributed by atoms with Crippen molar-refractivity contribution in [3.05, 3.63) is 101 Å². The molecule has 0 aromatic heterocycles. The number of hydrogen-bond acceptors (Lipinski definition) is 6. The Morgan fingerprint density at radius 1 is 0.944 bits per heavy atom. The van der Waals surface area contributed by atoms with Crippen LogP contribution < -0.4 is 14.8 Å². The molecule has 3 aromatic carbocycles. The molecule has 0 spiro atoms. The summed E-state index contributed by atoms with van der Waals surface area (Å²) in [4.78, 5) is 38.9. The smallest absolute Gasteiger partial charge is 0.331 e. The lowest BCUT2D eigenvalue weighted by Crippen LogP contribution is -2.53. The number of rotatable bonds is 8. The highest BCUT2D eigenvalue weighted by Gasteiger charge is 2.35. The van der Waals surface area contributed by atoms with E-state index in [1.54, 1.807) is 54.6 Å². The summed E-state index contributed by atoms with van der Waals surface area (Å²) in [5.41, 5.74) is 2.38. The van der Waals surface area contributed by atoms with Gasteiger partial charge < -0.3 is 9.47 Å². The van der Waals surface area contributed by atoms with Crippen molar-refractivity contribution in [2.45, 2.75) is 20.1 Å². The van der Waals surface area contributed by atoms with Gasteiger partial charge in [0.15, 0.2) is 11.5 Å². The summed E-state index contributed by atoms with van der Waals surface area (Å²) in [6, 6.07) is 22.6. The quantitative estimate of drug-likeness (QED) is 0.382. The van der Waals surface area contributed by atoms with Crippen molar-refractivity contribution in [2.75, 3.05) is 6.61 Å². The van der Waals surface area contributed by atoms with E-state index in [1.807, 2.05) is 25.1 Å². The molecule has 8 nitrogen and oxygen atoms in total. The zero-order valence-electron chi connectivity index (χ0n) is 19.6. The van der Waals surface area contributed by atoms with Gasteiger partial charge in [0.05, 0.1) is 24.8 Å². The first-order valence-electron chi connectivity index (χ1n) is 11.3.